The van der Waals surface area contributed by atoms with Crippen molar-refractivity contribution in [3.63, 3.8) is 0 Å². The number of hydrogen-bond donors (Lipinski definition) is 3. The zero-order chi connectivity index (χ0) is 13.9. The van der Waals surface area contributed by atoms with Crippen molar-refractivity contribution < 1.29 is 9.59 Å². The summed E-state index contributed by atoms with van der Waals surface area (Å²) in [6.07, 6.45) is 4.08. The maximum atomic E-state index is 11.9. The van der Waals surface area contributed by atoms with Gasteiger partial charge >= 0.3 is 0 Å². The van der Waals surface area contributed by atoms with E-state index >= 15 is 0 Å². The highest BCUT2D eigenvalue weighted by atomic mass is 35.5. The Bertz CT molecular complexity index is 508. The Morgan fingerprint density at radius 2 is 1.81 bits per heavy atom. The average Bonchev–Trinajstić information content (AvgIpc) is 3.08. The average molecular weight is 310 g/mol. The Labute approximate surface area is 130 Å². The summed E-state index contributed by atoms with van der Waals surface area (Å²) in [4.78, 5) is 23.8. The lowest BCUT2D eigenvalue weighted by Gasteiger charge is -2.11. The summed E-state index contributed by atoms with van der Waals surface area (Å²) in [5.74, 6) is -0.0412. The van der Waals surface area contributed by atoms with Crippen LogP contribution in [-0.2, 0) is 4.79 Å². The molecule has 1 atom stereocenters. The molecule has 1 aromatic rings. The molecule has 114 valence electrons. The Balaban J connectivity index is 0.00000161. The fraction of sp³-hybridized carbons (Fsp3) is 0.467. The van der Waals surface area contributed by atoms with Crippen molar-refractivity contribution >= 4 is 29.9 Å². The second kappa shape index (κ2) is 6.91. The Kier molecular flexibility index (Phi) is 5.20. The van der Waals surface area contributed by atoms with Crippen LogP contribution in [0, 0.1) is 0 Å². The number of hydrogen-bond acceptors (Lipinski definition) is 3. The number of benzene rings is 1. The predicted molar refractivity (Wildman–Crippen MR) is 83.8 cm³/mol. The van der Waals surface area contributed by atoms with E-state index < -0.39 is 0 Å². The quantitative estimate of drug-likeness (QED) is 0.792. The van der Waals surface area contributed by atoms with Gasteiger partial charge in [0.05, 0.1) is 6.04 Å². The molecule has 1 unspecified atom stereocenters. The fourth-order valence-corrected chi connectivity index (χ4v) is 2.34. The number of anilines is 1. The monoisotopic (exact) mass is 309 g/mol. The summed E-state index contributed by atoms with van der Waals surface area (Å²) in [5.41, 5.74) is 1.36. The number of rotatable bonds is 4. The molecule has 0 aromatic heterocycles. The van der Waals surface area contributed by atoms with Crippen LogP contribution in [0.3, 0.4) is 0 Å². The molecule has 3 rings (SSSR count). The molecule has 1 saturated heterocycles. The molecule has 2 fully saturated rings. The Hall–Kier alpha value is -1.59. The molecule has 0 bridgehead atoms. The van der Waals surface area contributed by atoms with Crippen molar-refractivity contribution in [2.45, 2.75) is 37.8 Å². The maximum Gasteiger partial charge on any atom is 0.251 e. The van der Waals surface area contributed by atoms with Gasteiger partial charge < -0.3 is 16.0 Å². The van der Waals surface area contributed by atoms with E-state index in [2.05, 4.69) is 16.0 Å². The third-order valence-corrected chi connectivity index (χ3v) is 3.70. The molecule has 1 saturated carbocycles. The first-order valence-corrected chi connectivity index (χ1v) is 7.17. The van der Waals surface area contributed by atoms with Crippen molar-refractivity contribution in [3.8, 4) is 0 Å². The van der Waals surface area contributed by atoms with Crippen LogP contribution in [0.5, 0.6) is 0 Å². The summed E-state index contributed by atoms with van der Waals surface area (Å²) in [5, 5.41) is 8.97. The second-order valence-electron chi connectivity index (χ2n) is 5.46. The van der Waals surface area contributed by atoms with Crippen LogP contribution in [0.4, 0.5) is 5.69 Å². The number of carbonyl (C=O) groups is 2. The first kappa shape index (κ1) is 15.8. The van der Waals surface area contributed by atoms with Crippen molar-refractivity contribution in [1.29, 1.82) is 0 Å². The van der Waals surface area contributed by atoms with Gasteiger partial charge in [0.25, 0.3) is 5.91 Å². The van der Waals surface area contributed by atoms with E-state index in [1.54, 1.807) is 24.3 Å². The highest BCUT2D eigenvalue weighted by Gasteiger charge is 2.24. The van der Waals surface area contributed by atoms with Gasteiger partial charge in [-0.2, -0.15) is 0 Å². The molecular formula is C15H20ClN3O2. The minimum Gasteiger partial charge on any atom is -0.349 e. The third-order valence-electron chi connectivity index (χ3n) is 3.70. The summed E-state index contributed by atoms with van der Waals surface area (Å²) in [6.45, 7) is 0.901. The largest absolute Gasteiger partial charge is 0.349 e. The van der Waals surface area contributed by atoms with E-state index in [9.17, 15) is 9.59 Å². The van der Waals surface area contributed by atoms with Crippen LogP contribution >= 0.6 is 12.4 Å². The van der Waals surface area contributed by atoms with Gasteiger partial charge in [-0.05, 0) is 56.5 Å². The third kappa shape index (κ3) is 4.19. The molecule has 0 spiro atoms. The van der Waals surface area contributed by atoms with Gasteiger partial charge in [0.2, 0.25) is 5.91 Å². The van der Waals surface area contributed by atoms with Crippen LogP contribution in [0.1, 0.15) is 36.0 Å². The van der Waals surface area contributed by atoms with Crippen LogP contribution < -0.4 is 16.0 Å². The van der Waals surface area contributed by atoms with Crippen LogP contribution in [0.25, 0.3) is 0 Å². The standard InChI is InChI=1S/C15H19N3O2.ClH/c19-14(17-12-7-8-12)10-3-5-11(6-4-10)18-15(20)13-2-1-9-16-13;/h3-6,12-13,16H,1-2,7-9H2,(H,17,19)(H,18,20);1H. The van der Waals surface area contributed by atoms with E-state index in [0.717, 1.165) is 37.9 Å². The lowest BCUT2D eigenvalue weighted by atomic mass is 10.1. The molecule has 5 nitrogen and oxygen atoms in total. The van der Waals surface area contributed by atoms with Gasteiger partial charge in [-0.25, -0.2) is 0 Å². The number of amides is 2. The van der Waals surface area contributed by atoms with Gasteiger partial charge in [0.15, 0.2) is 0 Å². The highest BCUT2D eigenvalue weighted by Crippen LogP contribution is 2.19. The minimum absolute atomic E-state index is 0. The summed E-state index contributed by atoms with van der Waals surface area (Å²) < 4.78 is 0. The first-order valence-electron chi connectivity index (χ1n) is 7.17. The van der Waals surface area contributed by atoms with Crippen molar-refractivity contribution in [2.75, 3.05) is 11.9 Å². The zero-order valence-electron chi connectivity index (χ0n) is 11.7. The number of halogens is 1. The van der Waals surface area contributed by atoms with Gasteiger partial charge in [-0.1, -0.05) is 0 Å². The summed E-state index contributed by atoms with van der Waals surface area (Å²) in [7, 11) is 0. The van der Waals surface area contributed by atoms with E-state index in [1.807, 2.05) is 0 Å². The number of carbonyl (C=O) groups excluding carboxylic acids is 2. The molecule has 2 aliphatic rings. The molecule has 21 heavy (non-hydrogen) atoms. The SMILES string of the molecule is Cl.O=C(NC1CC1)c1ccc(NC(=O)C2CCCN2)cc1. The molecule has 0 radical (unpaired) electrons. The lowest BCUT2D eigenvalue weighted by Crippen LogP contribution is -2.35. The molecular weight excluding hydrogens is 290 g/mol. The smallest absolute Gasteiger partial charge is 0.251 e. The highest BCUT2D eigenvalue weighted by molar-refractivity contribution is 5.97. The van der Waals surface area contributed by atoms with Gasteiger partial charge in [-0.3, -0.25) is 9.59 Å². The van der Waals surface area contributed by atoms with E-state index in [1.165, 1.54) is 0 Å². The van der Waals surface area contributed by atoms with Gasteiger partial charge in [-0.15, -0.1) is 12.4 Å². The maximum absolute atomic E-state index is 11.9. The lowest BCUT2D eigenvalue weighted by molar-refractivity contribution is -0.117. The summed E-state index contributed by atoms with van der Waals surface area (Å²) in [6, 6.07) is 7.30. The second-order valence-corrected chi connectivity index (χ2v) is 5.46. The minimum atomic E-state index is -0.0900. The van der Waals surface area contributed by atoms with Crippen LogP contribution in [0.15, 0.2) is 24.3 Å². The van der Waals surface area contributed by atoms with E-state index in [0.29, 0.717) is 11.6 Å². The van der Waals surface area contributed by atoms with Gasteiger partial charge in [0.1, 0.15) is 0 Å². The molecule has 2 amide bonds. The van der Waals surface area contributed by atoms with E-state index in [-0.39, 0.29) is 30.3 Å². The summed E-state index contributed by atoms with van der Waals surface area (Å²) >= 11 is 0. The normalized spacial score (nSPS) is 20.5. The first-order chi connectivity index (χ1) is 9.72. The topological polar surface area (TPSA) is 70.2 Å². The van der Waals surface area contributed by atoms with Crippen LogP contribution in [0.2, 0.25) is 0 Å². The Morgan fingerprint density at radius 3 is 2.38 bits per heavy atom. The van der Waals surface area contributed by atoms with Crippen molar-refractivity contribution in [3.05, 3.63) is 29.8 Å². The zero-order valence-corrected chi connectivity index (χ0v) is 12.5. The Morgan fingerprint density at radius 1 is 1.10 bits per heavy atom. The van der Waals surface area contributed by atoms with Crippen molar-refractivity contribution in [2.24, 2.45) is 0 Å². The molecule has 6 heteroatoms. The van der Waals surface area contributed by atoms with E-state index in [4.69, 9.17) is 0 Å². The number of nitrogens with one attached hydrogen (secondary N) is 3. The van der Waals surface area contributed by atoms with Crippen LogP contribution in [-0.4, -0.2) is 30.4 Å². The van der Waals surface area contributed by atoms with Gasteiger partial charge in [0, 0.05) is 17.3 Å². The van der Waals surface area contributed by atoms with Crippen molar-refractivity contribution in [1.82, 2.24) is 10.6 Å². The molecule has 3 N–H and O–H groups in total. The molecule has 1 heterocycles. The molecule has 1 aliphatic carbocycles. The predicted octanol–water partition coefficient (Wildman–Crippen LogP) is 1.69. The molecule has 1 aliphatic heterocycles. The molecule has 1 aromatic carbocycles. The fourth-order valence-electron chi connectivity index (χ4n) is 2.34.